The van der Waals surface area contributed by atoms with Crippen LogP contribution in [0.2, 0.25) is 0 Å². The number of aromatic nitrogens is 1. The fourth-order valence-corrected chi connectivity index (χ4v) is 4.05. The molecule has 0 aliphatic carbocycles. The van der Waals surface area contributed by atoms with Gasteiger partial charge in [-0.2, -0.15) is 0 Å². The minimum atomic E-state index is -3.37. The number of methoxy groups -OCH3 is 1. The molecule has 1 aromatic heterocycles. The molecule has 0 fully saturated rings. The van der Waals surface area contributed by atoms with Crippen molar-refractivity contribution in [2.75, 3.05) is 23.9 Å². The lowest BCUT2D eigenvalue weighted by molar-refractivity contribution is -0.384. The Labute approximate surface area is 175 Å². The largest absolute Gasteiger partial charge is 0.496 e. The smallest absolute Gasteiger partial charge is 0.296 e. The first-order valence-electron chi connectivity index (χ1n) is 8.62. The summed E-state index contributed by atoms with van der Waals surface area (Å²) in [6.45, 7) is 1.55. The standard InChI is InChI=1S/C18H17N3O7S2/c1-3-30(25,26)12-5-7-16-14(9-12)20-18(28-16)29-10-17(22)19-13-6-4-11(27-2)8-15(13)21(23)24/h4-9H,3,10H2,1-2H3,(H,19,22). The number of benzene rings is 2. The number of sulfone groups is 1. The van der Waals surface area contributed by atoms with E-state index in [1.165, 1.54) is 43.5 Å². The topological polar surface area (TPSA) is 142 Å². The third-order valence-electron chi connectivity index (χ3n) is 4.08. The zero-order valence-corrected chi connectivity index (χ0v) is 17.6. The number of anilines is 1. The van der Waals surface area contributed by atoms with Gasteiger partial charge in [0.15, 0.2) is 15.4 Å². The van der Waals surface area contributed by atoms with Crippen molar-refractivity contribution in [1.82, 2.24) is 4.98 Å². The second-order valence-electron chi connectivity index (χ2n) is 5.99. The van der Waals surface area contributed by atoms with E-state index in [0.717, 1.165) is 11.8 Å². The van der Waals surface area contributed by atoms with Crippen LogP contribution in [-0.2, 0) is 14.6 Å². The van der Waals surface area contributed by atoms with Gasteiger partial charge in [0.05, 0.1) is 34.5 Å². The summed E-state index contributed by atoms with van der Waals surface area (Å²) in [7, 11) is -1.99. The molecule has 3 aromatic rings. The minimum Gasteiger partial charge on any atom is -0.496 e. The van der Waals surface area contributed by atoms with E-state index in [-0.39, 0.29) is 33.0 Å². The highest BCUT2D eigenvalue weighted by molar-refractivity contribution is 7.99. The van der Waals surface area contributed by atoms with Gasteiger partial charge in [0.25, 0.3) is 10.9 Å². The van der Waals surface area contributed by atoms with E-state index in [9.17, 15) is 23.3 Å². The quantitative estimate of drug-likeness (QED) is 0.310. The molecule has 0 aliphatic heterocycles. The highest BCUT2D eigenvalue weighted by atomic mass is 32.2. The number of nitro groups is 1. The number of fused-ring (bicyclic) bond motifs is 1. The van der Waals surface area contributed by atoms with Crippen molar-refractivity contribution in [3.05, 3.63) is 46.5 Å². The van der Waals surface area contributed by atoms with Gasteiger partial charge >= 0.3 is 0 Å². The van der Waals surface area contributed by atoms with Crippen LogP contribution in [0.4, 0.5) is 11.4 Å². The molecule has 0 unspecified atom stereocenters. The first-order valence-corrected chi connectivity index (χ1v) is 11.3. The highest BCUT2D eigenvalue weighted by Crippen LogP contribution is 2.30. The molecule has 3 rings (SSSR count). The van der Waals surface area contributed by atoms with Crippen LogP contribution in [0.15, 0.2) is 50.9 Å². The molecule has 0 aliphatic rings. The molecule has 10 nitrogen and oxygen atoms in total. The lowest BCUT2D eigenvalue weighted by Gasteiger charge is -2.06. The molecule has 1 heterocycles. The van der Waals surface area contributed by atoms with Gasteiger partial charge < -0.3 is 14.5 Å². The van der Waals surface area contributed by atoms with Crippen LogP contribution in [0.1, 0.15) is 6.92 Å². The van der Waals surface area contributed by atoms with Crippen LogP contribution in [0.25, 0.3) is 11.1 Å². The van der Waals surface area contributed by atoms with Crippen molar-refractivity contribution < 1.29 is 27.3 Å². The SMILES string of the molecule is CCS(=O)(=O)c1ccc2oc(SCC(=O)Nc3ccc(OC)cc3[N+](=O)[O-])nc2c1. The number of hydrogen-bond donors (Lipinski definition) is 1. The molecule has 30 heavy (non-hydrogen) atoms. The molecule has 1 N–H and O–H groups in total. The van der Waals surface area contributed by atoms with Crippen molar-refractivity contribution in [2.24, 2.45) is 0 Å². The van der Waals surface area contributed by atoms with Gasteiger partial charge in [0, 0.05) is 0 Å². The summed E-state index contributed by atoms with van der Waals surface area (Å²) >= 11 is 0.981. The lowest BCUT2D eigenvalue weighted by Crippen LogP contribution is -2.15. The maximum absolute atomic E-state index is 12.2. The number of carbonyl (C=O) groups excluding carboxylic acids is 1. The highest BCUT2D eigenvalue weighted by Gasteiger charge is 2.19. The lowest BCUT2D eigenvalue weighted by atomic mass is 10.2. The van der Waals surface area contributed by atoms with E-state index in [2.05, 4.69) is 10.3 Å². The molecule has 1 amide bonds. The normalized spacial score (nSPS) is 11.4. The first kappa shape index (κ1) is 21.6. The van der Waals surface area contributed by atoms with Gasteiger partial charge in [-0.3, -0.25) is 14.9 Å². The Kier molecular flexibility index (Phi) is 6.27. The van der Waals surface area contributed by atoms with Crippen LogP contribution in [-0.4, -0.2) is 42.8 Å². The number of nitro benzene ring substituents is 1. The summed E-state index contributed by atoms with van der Waals surface area (Å²) in [6, 6.07) is 8.47. The zero-order chi connectivity index (χ0) is 21.9. The van der Waals surface area contributed by atoms with E-state index in [1.807, 2.05) is 0 Å². The Morgan fingerprint density at radius 3 is 2.73 bits per heavy atom. The summed E-state index contributed by atoms with van der Waals surface area (Å²) in [5, 5.41) is 13.9. The van der Waals surface area contributed by atoms with Crippen LogP contribution in [0, 0.1) is 10.1 Å². The number of oxazole rings is 1. The fraction of sp³-hybridized carbons (Fsp3) is 0.222. The number of nitrogens with one attached hydrogen (secondary N) is 1. The minimum absolute atomic E-state index is 0.0321. The molecule has 158 valence electrons. The Hall–Kier alpha value is -3.12. The summed E-state index contributed by atoms with van der Waals surface area (Å²) in [4.78, 5) is 27.1. The number of thioether (sulfide) groups is 1. The Morgan fingerprint density at radius 2 is 2.07 bits per heavy atom. The molecule has 0 saturated heterocycles. The second kappa shape index (κ2) is 8.71. The Balaban J connectivity index is 1.71. The van der Waals surface area contributed by atoms with Crippen LogP contribution in [0.5, 0.6) is 5.75 Å². The third kappa shape index (κ3) is 4.71. The third-order valence-corrected chi connectivity index (χ3v) is 6.64. The Morgan fingerprint density at radius 1 is 1.30 bits per heavy atom. The van der Waals surface area contributed by atoms with Gasteiger partial charge in [-0.1, -0.05) is 18.7 Å². The molecule has 2 aromatic carbocycles. The molecule has 0 bridgehead atoms. The van der Waals surface area contributed by atoms with Crippen molar-refractivity contribution in [3.63, 3.8) is 0 Å². The number of carbonyl (C=O) groups is 1. The number of nitrogens with zero attached hydrogens (tertiary/aromatic N) is 2. The van der Waals surface area contributed by atoms with E-state index in [4.69, 9.17) is 9.15 Å². The van der Waals surface area contributed by atoms with E-state index < -0.39 is 20.7 Å². The maximum Gasteiger partial charge on any atom is 0.296 e. The van der Waals surface area contributed by atoms with Gasteiger partial charge in [-0.05, 0) is 30.3 Å². The van der Waals surface area contributed by atoms with Gasteiger partial charge in [0.2, 0.25) is 5.91 Å². The van der Waals surface area contributed by atoms with Crippen molar-refractivity contribution in [1.29, 1.82) is 0 Å². The van der Waals surface area contributed by atoms with Gasteiger partial charge in [-0.15, -0.1) is 0 Å². The van der Waals surface area contributed by atoms with Crippen molar-refractivity contribution >= 4 is 50.0 Å². The fourth-order valence-electron chi connectivity index (χ4n) is 2.52. The average molecular weight is 451 g/mol. The summed E-state index contributed by atoms with van der Waals surface area (Å²) in [5.41, 5.74) is 0.495. The molecular formula is C18H17N3O7S2. The van der Waals surface area contributed by atoms with E-state index >= 15 is 0 Å². The van der Waals surface area contributed by atoms with Crippen LogP contribution in [0.3, 0.4) is 0 Å². The summed E-state index contributed by atoms with van der Waals surface area (Å²) in [5.74, 6) is -0.346. The van der Waals surface area contributed by atoms with Crippen molar-refractivity contribution in [3.8, 4) is 5.75 Å². The first-order chi connectivity index (χ1) is 14.2. The molecule has 0 atom stereocenters. The van der Waals surface area contributed by atoms with Crippen LogP contribution < -0.4 is 10.1 Å². The van der Waals surface area contributed by atoms with Crippen molar-refractivity contribution in [2.45, 2.75) is 17.0 Å². The average Bonchev–Trinajstić information content (AvgIpc) is 3.14. The molecule has 12 heteroatoms. The number of rotatable bonds is 8. The monoisotopic (exact) mass is 451 g/mol. The van der Waals surface area contributed by atoms with Gasteiger partial charge in [0.1, 0.15) is 17.0 Å². The Bertz CT molecular complexity index is 1220. The molecule has 0 saturated carbocycles. The van der Waals surface area contributed by atoms with Gasteiger partial charge in [-0.25, -0.2) is 13.4 Å². The predicted octanol–water partition coefficient (Wildman–Crippen LogP) is 3.27. The van der Waals surface area contributed by atoms with E-state index in [1.54, 1.807) is 6.92 Å². The summed E-state index contributed by atoms with van der Waals surface area (Å²) < 4.78 is 34.4. The zero-order valence-electron chi connectivity index (χ0n) is 15.9. The van der Waals surface area contributed by atoms with Crippen LogP contribution >= 0.6 is 11.8 Å². The molecule has 0 spiro atoms. The maximum atomic E-state index is 12.2. The molecular weight excluding hydrogens is 434 g/mol. The van der Waals surface area contributed by atoms with E-state index in [0.29, 0.717) is 16.8 Å². The number of ether oxygens (including phenoxy) is 1. The predicted molar refractivity (Wildman–Crippen MR) is 111 cm³/mol. The molecule has 0 radical (unpaired) electrons. The number of amides is 1. The summed E-state index contributed by atoms with van der Waals surface area (Å²) in [6.07, 6.45) is 0. The second-order valence-corrected chi connectivity index (χ2v) is 9.19. The number of hydrogen-bond acceptors (Lipinski definition) is 9.